The number of hydrogen-bond donors (Lipinski definition) is 1. The second kappa shape index (κ2) is 4.40. The maximum Gasteiger partial charge on any atom is 0.253 e. The van der Waals surface area contributed by atoms with Gasteiger partial charge in [-0.2, -0.15) is 0 Å². The molecule has 3 heteroatoms. The number of piperidine rings is 1. The van der Waals surface area contributed by atoms with E-state index in [-0.39, 0.29) is 11.3 Å². The molecule has 0 spiro atoms. The van der Waals surface area contributed by atoms with Gasteiger partial charge in [-0.05, 0) is 42.5 Å². The van der Waals surface area contributed by atoms with E-state index in [0.717, 1.165) is 25.1 Å². The van der Waals surface area contributed by atoms with Crippen LogP contribution in [0.3, 0.4) is 0 Å². The molecule has 0 aliphatic carbocycles. The lowest BCUT2D eigenvalue weighted by Gasteiger charge is -2.38. The highest BCUT2D eigenvalue weighted by Gasteiger charge is 2.29. The summed E-state index contributed by atoms with van der Waals surface area (Å²) in [7, 11) is 0. The van der Waals surface area contributed by atoms with Gasteiger partial charge in [-0.15, -0.1) is 0 Å². The molecule has 0 atom stereocenters. The van der Waals surface area contributed by atoms with Gasteiger partial charge in [0.1, 0.15) is 0 Å². The summed E-state index contributed by atoms with van der Waals surface area (Å²) in [5, 5.41) is 0. The molecule has 1 fully saturated rings. The van der Waals surface area contributed by atoms with Gasteiger partial charge in [0.15, 0.2) is 0 Å². The Bertz CT molecular complexity index is 409. The summed E-state index contributed by atoms with van der Waals surface area (Å²) in [6.07, 6.45) is 2.28. The number of anilines is 1. The fourth-order valence-corrected chi connectivity index (χ4v) is 2.40. The third kappa shape index (κ3) is 2.78. The number of carbonyl (C=O) groups is 1. The number of nitrogens with two attached hydrogens (primary N) is 1. The molecule has 0 bridgehead atoms. The van der Waals surface area contributed by atoms with Gasteiger partial charge in [0, 0.05) is 24.3 Å². The van der Waals surface area contributed by atoms with E-state index in [1.807, 2.05) is 4.90 Å². The zero-order chi connectivity index (χ0) is 12.5. The van der Waals surface area contributed by atoms with Gasteiger partial charge in [0.05, 0.1) is 0 Å². The lowest BCUT2D eigenvalue weighted by Crippen LogP contribution is -2.43. The molecule has 1 aliphatic rings. The number of likely N-dealkylation sites (tertiary alicyclic amines) is 1. The molecule has 1 heterocycles. The molecule has 1 aromatic rings. The first-order chi connectivity index (χ1) is 7.98. The highest BCUT2D eigenvalue weighted by Crippen LogP contribution is 2.29. The molecule has 0 radical (unpaired) electrons. The first kappa shape index (κ1) is 12.0. The molecule has 0 saturated carbocycles. The van der Waals surface area contributed by atoms with Crippen LogP contribution in [0, 0.1) is 5.41 Å². The SMILES string of the molecule is CC1(C)CCCN(C(=O)c2ccc(N)cc2)C1. The third-order valence-corrected chi connectivity index (χ3v) is 3.35. The largest absolute Gasteiger partial charge is 0.399 e. The van der Waals surface area contributed by atoms with Crippen molar-refractivity contribution in [1.82, 2.24) is 4.90 Å². The second-order valence-electron chi connectivity index (χ2n) is 5.62. The van der Waals surface area contributed by atoms with Crippen molar-refractivity contribution in [1.29, 1.82) is 0 Å². The summed E-state index contributed by atoms with van der Waals surface area (Å²) in [6.45, 7) is 6.15. The van der Waals surface area contributed by atoms with E-state index >= 15 is 0 Å². The van der Waals surface area contributed by atoms with E-state index in [2.05, 4.69) is 13.8 Å². The Morgan fingerprint density at radius 3 is 2.53 bits per heavy atom. The summed E-state index contributed by atoms with van der Waals surface area (Å²) >= 11 is 0. The van der Waals surface area contributed by atoms with Crippen LogP contribution in [0.5, 0.6) is 0 Å². The number of benzene rings is 1. The van der Waals surface area contributed by atoms with E-state index in [0.29, 0.717) is 5.69 Å². The smallest absolute Gasteiger partial charge is 0.253 e. The summed E-state index contributed by atoms with van der Waals surface area (Å²) < 4.78 is 0. The average molecular weight is 232 g/mol. The predicted molar refractivity (Wildman–Crippen MR) is 69.8 cm³/mol. The predicted octanol–water partition coefficient (Wildman–Crippen LogP) is 2.53. The molecule has 0 unspecified atom stereocenters. The minimum absolute atomic E-state index is 0.123. The summed E-state index contributed by atoms with van der Waals surface area (Å²) in [4.78, 5) is 14.2. The monoisotopic (exact) mass is 232 g/mol. The minimum Gasteiger partial charge on any atom is -0.399 e. The molecule has 2 rings (SSSR count). The summed E-state index contributed by atoms with van der Waals surface area (Å²) in [6, 6.07) is 7.17. The van der Waals surface area contributed by atoms with E-state index in [9.17, 15) is 4.79 Å². The van der Waals surface area contributed by atoms with Crippen LogP contribution in [0.15, 0.2) is 24.3 Å². The van der Waals surface area contributed by atoms with Crippen molar-refractivity contribution in [2.45, 2.75) is 26.7 Å². The zero-order valence-corrected chi connectivity index (χ0v) is 10.6. The van der Waals surface area contributed by atoms with Crippen molar-refractivity contribution in [2.75, 3.05) is 18.8 Å². The van der Waals surface area contributed by atoms with E-state index in [1.165, 1.54) is 6.42 Å². The van der Waals surface area contributed by atoms with Gasteiger partial charge < -0.3 is 10.6 Å². The van der Waals surface area contributed by atoms with Gasteiger partial charge in [0.2, 0.25) is 0 Å². The Balaban J connectivity index is 2.12. The minimum atomic E-state index is 0.123. The van der Waals surface area contributed by atoms with Gasteiger partial charge >= 0.3 is 0 Å². The molecule has 17 heavy (non-hydrogen) atoms. The van der Waals surface area contributed by atoms with Crippen LogP contribution in [0.1, 0.15) is 37.0 Å². The van der Waals surface area contributed by atoms with Gasteiger partial charge in [-0.1, -0.05) is 13.8 Å². The number of carbonyl (C=O) groups excluding carboxylic acids is 1. The first-order valence-corrected chi connectivity index (χ1v) is 6.13. The maximum atomic E-state index is 12.3. The number of rotatable bonds is 1. The highest BCUT2D eigenvalue weighted by atomic mass is 16.2. The van der Waals surface area contributed by atoms with Gasteiger partial charge in [0.25, 0.3) is 5.91 Å². The van der Waals surface area contributed by atoms with Crippen LogP contribution in [0.2, 0.25) is 0 Å². The Morgan fingerprint density at radius 2 is 1.94 bits per heavy atom. The maximum absolute atomic E-state index is 12.3. The lowest BCUT2D eigenvalue weighted by atomic mass is 9.84. The fraction of sp³-hybridized carbons (Fsp3) is 0.500. The molecule has 1 amide bonds. The van der Waals surface area contributed by atoms with Gasteiger partial charge in [-0.3, -0.25) is 4.79 Å². The molecule has 92 valence electrons. The van der Waals surface area contributed by atoms with Crippen molar-refractivity contribution in [2.24, 2.45) is 5.41 Å². The molecule has 1 aromatic carbocycles. The average Bonchev–Trinajstić information content (AvgIpc) is 2.28. The first-order valence-electron chi connectivity index (χ1n) is 6.13. The molecule has 2 N–H and O–H groups in total. The quantitative estimate of drug-likeness (QED) is 0.756. The molecular weight excluding hydrogens is 212 g/mol. The number of nitrogens with zero attached hydrogens (tertiary/aromatic N) is 1. The molecule has 1 saturated heterocycles. The number of amides is 1. The second-order valence-corrected chi connectivity index (χ2v) is 5.62. The van der Waals surface area contributed by atoms with Crippen LogP contribution in [-0.2, 0) is 0 Å². The van der Waals surface area contributed by atoms with Crippen molar-refractivity contribution in [3.05, 3.63) is 29.8 Å². The van der Waals surface area contributed by atoms with Crippen molar-refractivity contribution >= 4 is 11.6 Å². The summed E-state index contributed by atoms with van der Waals surface area (Å²) in [5.41, 5.74) is 7.29. The third-order valence-electron chi connectivity index (χ3n) is 3.35. The highest BCUT2D eigenvalue weighted by molar-refractivity contribution is 5.94. The van der Waals surface area contributed by atoms with Gasteiger partial charge in [-0.25, -0.2) is 0 Å². The Kier molecular flexibility index (Phi) is 3.09. The van der Waals surface area contributed by atoms with Crippen LogP contribution in [0.25, 0.3) is 0 Å². The van der Waals surface area contributed by atoms with Crippen molar-refractivity contribution in [3.8, 4) is 0 Å². The Morgan fingerprint density at radius 1 is 1.29 bits per heavy atom. The van der Waals surface area contributed by atoms with E-state index < -0.39 is 0 Å². The zero-order valence-electron chi connectivity index (χ0n) is 10.6. The fourth-order valence-electron chi connectivity index (χ4n) is 2.40. The summed E-state index contributed by atoms with van der Waals surface area (Å²) in [5.74, 6) is 0.123. The standard InChI is InChI=1S/C14H20N2O/c1-14(2)8-3-9-16(10-14)13(17)11-4-6-12(15)7-5-11/h4-7H,3,8-10,15H2,1-2H3. The molecule has 3 nitrogen and oxygen atoms in total. The lowest BCUT2D eigenvalue weighted by molar-refractivity contribution is 0.0583. The van der Waals surface area contributed by atoms with Crippen LogP contribution >= 0.6 is 0 Å². The number of nitrogen functional groups attached to an aromatic ring is 1. The van der Waals surface area contributed by atoms with Crippen molar-refractivity contribution in [3.63, 3.8) is 0 Å². The van der Waals surface area contributed by atoms with Crippen LogP contribution in [-0.4, -0.2) is 23.9 Å². The normalized spacial score (nSPS) is 19.1. The van der Waals surface area contributed by atoms with E-state index in [4.69, 9.17) is 5.73 Å². The van der Waals surface area contributed by atoms with Crippen molar-refractivity contribution < 1.29 is 4.79 Å². The van der Waals surface area contributed by atoms with E-state index in [1.54, 1.807) is 24.3 Å². The molecular formula is C14H20N2O. The Hall–Kier alpha value is -1.51. The molecule has 0 aromatic heterocycles. The van der Waals surface area contributed by atoms with Crippen LogP contribution in [0.4, 0.5) is 5.69 Å². The number of hydrogen-bond acceptors (Lipinski definition) is 2. The van der Waals surface area contributed by atoms with Crippen LogP contribution < -0.4 is 5.73 Å². The molecule has 1 aliphatic heterocycles. The Labute approximate surface area is 103 Å². The topological polar surface area (TPSA) is 46.3 Å².